The molecule has 0 amide bonds. The Balaban J connectivity index is 2.04. The average Bonchev–Trinajstić information content (AvgIpc) is 2.68. The van der Waals surface area contributed by atoms with E-state index in [1.807, 2.05) is 19.9 Å². The first-order valence-electron chi connectivity index (χ1n) is 6.03. The van der Waals surface area contributed by atoms with Gasteiger partial charge in [0.1, 0.15) is 0 Å². The van der Waals surface area contributed by atoms with Gasteiger partial charge in [-0.15, -0.1) is 0 Å². The highest BCUT2D eigenvalue weighted by atomic mass is 16.5. The van der Waals surface area contributed by atoms with Gasteiger partial charge in [-0.05, 0) is 31.5 Å². The van der Waals surface area contributed by atoms with Gasteiger partial charge in [-0.2, -0.15) is 5.10 Å². The highest BCUT2D eigenvalue weighted by Gasteiger charge is 2.05. The normalized spacial score (nSPS) is 10.6. The zero-order chi connectivity index (χ0) is 13.0. The van der Waals surface area contributed by atoms with E-state index >= 15 is 0 Å². The van der Waals surface area contributed by atoms with Crippen molar-refractivity contribution in [2.24, 2.45) is 0 Å². The third-order valence-corrected chi connectivity index (χ3v) is 2.99. The number of aromatic amines is 1. The fraction of sp³-hybridized carbons (Fsp3) is 0.357. The van der Waals surface area contributed by atoms with Gasteiger partial charge in [0, 0.05) is 30.6 Å². The predicted molar refractivity (Wildman–Crippen MR) is 72.5 cm³/mol. The maximum Gasteiger partial charge on any atom is 0.0713 e. The van der Waals surface area contributed by atoms with Crippen LogP contribution in [-0.4, -0.2) is 17.3 Å². The maximum atomic E-state index is 5.13. The molecule has 2 rings (SSSR count). The minimum atomic E-state index is 0.638. The molecule has 96 valence electrons. The first-order chi connectivity index (χ1) is 8.70. The summed E-state index contributed by atoms with van der Waals surface area (Å²) in [6, 6.07) is 8.26. The Kier molecular flexibility index (Phi) is 3.99. The molecule has 2 N–H and O–H groups in total. The zero-order valence-corrected chi connectivity index (χ0v) is 11.1. The molecule has 0 atom stereocenters. The number of methoxy groups -OCH3 is 1. The number of aryl methyl sites for hydroxylation is 2. The summed E-state index contributed by atoms with van der Waals surface area (Å²) in [5.41, 5.74) is 5.67. The summed E-state index contributed by atoms with van der Waals surface area (Å²) in [5, 5.41) is 10.6. The van der Waals surface area contributed by atoms with E-state index in [2.05, 4.69) is 33.7 Å². The topological polar surface area (TPSA) is 49.9 Å². The molecule has 18 heavy (non-hydrogen) atoms. The van der Waals surface area contributed by atoms with Crippen LogP contribution in [-0.2, 0) is 17.9 Å². The first-order valence-corrected chi connectivity index (χ1v) is 6.03. The van der Waals surface area contributed by atoms with Crippen molar-refractivity contribution in [2.75, 3.05) is 12.4 Å². The molecule has 0 bridgehead atoms. The fourth-order valence-corrected chi connectivity index (χ4v) is 1.96. The van der Waals surface area contributed by atoms with Gasteiger partial charge in [0.2, 0.25) is 0 Å². The molecule has 0 radical (unpaired) electrons. The number of rotatable bonds is 5. The maximum absolute atomic E-state index is 5.13. The highest BCUT2D eigenvalue weighted by molar-refractivity contribution is 5.46. The van der Waals surface area contributed by atoms with Crippen LogP contribution >= 0.6 is 0 Å². The van der Waals surface area contributed by atoms with E-state index in [0.717, 1.165) is 23.6 Å². The van der Waals surface area contributed by atoms with E-state index in [9.17, 15) is 0 Å². The molecule has 0 aliphatic carbocycles. The van der Waals surface area contributed by atoms with Crippen LogP contribution in [0, 0.1) is 13.8 Å². The molecule has 0 unspecified atom stereocenters. The highest BCUT2D eigenvalue weighted by Crippen LogP contribution is 2.15. The second kappa shape index (κ2) is 5.69. The van der Waals surface area contributed by atoms with Gasteiger partial charge in [0.25, 0.3) is 0 Å². The van der Waals surface area contributed by atoms with Gasteiger partial charge in [-0.3, -0.25) is 5.10 Å². The van der Waals surface area contributed by atoms with Crippen LogP contribution in [0.15, 0.2) is 24.3 Å². The molecule has 0 saturated carbocycles. The molecule has 1 aromatic carbocycles. The molecule has 0 saturated heterocycles. The van der Waals surface area contributed by atoms with Gasteiger partial charge < -0.3 is 10.1 Å². The van der Waals surface area contributed by atoms with E-state index in [-0.39, 0.29) is 0 Å². The van der Waals surface area contributed by atoms with Crippen molar-refractivity contribution in [1.82, 2.24) is 10.2 Å². The predicted octanol–water partition coefficient (Wildman–Crippen LogP) is 2.79. The molecule has 1 aromatic heterocycles. The van der Waals surface area contributed by atoms with Crippen LogP contribution in [0.2, 0.25) is 0 Å². The summed E-state index contributed by atoms with van der Waals surface area (Å²) in [6.45, 7) is 5.48. The quantitative estimate of drug-likeness (QED) is 0.851. The molecule has 0 fully saturated rings. The zero-order valence-electron chi connectivity index (χ0n) is 11.1. The van der Waals surface area contributed by atoms with Crippen LogP contribution in [0.1, 0.15) is 22.5 Å². The van der Waals surface area contributed by atoms with Crippen molar-refractivity contribution < 1.29 is 4.74 Å². The smallest absolute Gasteiger partial charge is 0.0713 e. The van der Waals surface area contributed by atoms with E-state index < -0.39 is 0 Å². The fourth-order valence-electron chi connectivity index (χ4n) is 1.96. The number of H-pyrrole nitrogens is 1. The van der Waals surface area contributed by atoms with Crippen molar-refractivity contribution in [3.8, 4) is 0 Å². The van der Waals surface area contributed by atoms with Crippen LogP contribution < -0.4 is 5.32 Å². The van der Waals surface area contributed by atoms with Gasteiger partial charge in [-0.25, -0.2) is 0 Å². The third kappa shape index (κ3) is 2.90. The first kappa shape index (κ1) is 12.6. The number of ether oxygens (including phenoxy) is 1. The monoisotopic (exact) mass is 245 g/mol. The van der Waals surface area contributed by atoms with Crippen molar-refractivity contribution in [1.29, 1.82) is 0 Å². The Morgan fingerprint density at radius 2 is 2.17 bits per heavy atom. The Hall–Kier alpha value is -1.81. The lowest BCUT2D eigenvalue weighted by atomic mass is 10.1. The Morgan fingerprint density at radius 3 is 2.83 bits per heavy atom. The lowest BCUT2D eigenvalue weighted by molar-refractivity contribution is 0.185. The summed E-state index contributed by atoms with van der Waals surface area (Å²) in [7, 11) is 1.71. The summed E-state index contributed by atoms with van der Waals surface area (Å²) in [5.74, 6) is 0. The van der Waals surface area contributed by atoms with Gasteiger partial charge >= 0.3 is 0 Å². The molecule has 1 heterocycles. The molecule has 2 aromatic rings. The standard InChI is InChI=1S/C14H19N3O/c1-10-14(11(2)17-16-10)8-15-13-6-4-5-12(7-13)9-18-3/h4-7,15H,8-9H2,1-3H3,(H,16,17). The number of hydrogen-bond acceptors (Lipinski definition) is 3. The molecular weight excluding hydrogens is 226 g/mol. The van der Waals surface area contributed by atoms with Crippen molar-refractivity contribution in [3.05, 3.63) is 46.8 Å². The van der Waals surface area contributed by atoms with Gasteiger partial charge in [-0.1, -0.05) is 12.1 Å². The average molecular weight is 245 g/mol. The van der Waals surface area contributed by atoms with Crippen LogP contribution in [0.3, 0.4) is 0 Å². The number of benzene rings is 1. The van der Waals surface area contributed by atoms with E-state index in [0.29, 0.717) is 6.61 Å². The number of hydrogen-bond donors (Lipinski definition) is 2. The van der Waals surface area contributed by atoms with Crippen LogP contribution in [0.25, 0.3) is 0 Å². The lowest BCUT2D eigenvalue weighted by Gasteiger charge is -2.08. The van der Waals surface area contributed by atoms with E-state index in [1.54, 1.807) is 7.11 Å². The molecule has 0 aliphatic heterocycles. The summed E-state index contributed by atoms with van der Waals surface area (Å²) in [6.07, 6.45) is 0. The molecule has 4 heteroatoms. The van der Waals surface area contributed by atoms with Crippen molar-refractivity contribution in [3.63, 3.8) is 0 Å². The third-order valence-electron chi connectivity index (χ3n) is 2.99. The molecular formula is C14H19N3O. The molecule has 0 spiro atoms. The Bertz CT molecular complexity index is 500. The Labute approximate surface area is 107 Å². The number of anilines is 1. The van der Waals surface area contributed by atoms with Crippen LogP contribution in [0.5, 0.6) is 0 Å². The van der Waals surface area contributed by atoms with Crippen molar-refractivity contribution >= 4 is 5.69 Å². The van der Waals surface area contributed by atoms with Crippen LogP contribution in [0.4, 0.5) is 5.69 Å². The number of nitrogens with one attached hydrogen (secondary N) is 2. The molecule has 0 aliphatic rings. The lowest BCUT2D eigenvalue weighted by Crippen LogP contribution is -2.02. The number of nitrogens with zero attached hydrogens (tertiary/aromatic N) is 1. The van der Waals surface area contributed by atoms with Crippen molar-refractivity contribution in [2.45, 2.75) is 27.0 Å². The SMILES string of the molecule is COCc1cccc(NCc2c(C)n[nH]c2C)c1. The second-order valence-electron chi connectivity index (χ2n) is 4.40. The molecule has 4 nitrogen and oxygen atoms in total. The van der Waals surface area contributed by atoms with Gasteiger partial charge in [0.05, 0.1) is 12.3 Å². The minimum Gasteiger partial charge on any atom is -0.381 e. The summed E-state index contributed by atoms with van der Waals surface area (Å²) < 4.78 is 5.13. The van der Waals surface area contributed by atoms with E-state index in [4.69, 9.17) is 4.74 Å². The summed E-state index contributed by atoms with van der Waals surface area (Å²) >= 11 is 0. The Morgan fingerprint density at radius 1 is 1.33 bits per heavy atom. The largest absolute Gasteiger partial charge is 0.381 e. The minimum absolute atomic E-state index is 0.638. The summed E-state index contributed by atoms with van der Waals surface area (Å²) in [4.78, 5) is 0. The van der Waals surface area contributed by atoms with E-state index in [1.165, 1.54) is 11.1 Å². The number of aromatic nitrogens is 2. The second-order valence-corrected chi connectivity index (χ2v) is 4.40. The van der Waals surface area contributed by atoms with Gasteiger partial charge in [0.15, 0.2) is 0 Å².